The number of anilines is 1. The average Bonchev–Trinajstić information content (AvgIpc) is 3.19. The van der Waals surface area contributed by atoms with E-state index in [1.807, 2.05) is 42.5 Å². The van der Waals surface area contributed by atoms with Crippen LogP contribution in [0.1, 0.15) is 36.8 Å². The van der Waals surface area contributed by atoms with Crippen molar-refractivity contribution in [2.45, 2.75) is 31.3 Å². The van der Waals surface area contributed by atoms with Crippen molar-refractivity contribution in [1.82, 2.24) is 0 Å². The summed E-state index contributed by atoms with van der Waals surface area (Å²) in [5.41, 5.74) is 2.16. The van der Waals surface area contributed by atoms with Gasteiger partial charge in [0.25, 0.3) is 0 Å². The molecule has 0 amide bonds. The molecule has 3 aliphatic rings. The van der Waals surface area contributed by atoms with E-state index in [1.54, 1.807) is 0 Å². The van der Waals surface area contributed by atoms with E-state index >= 15 is 0 Å². The normalized spacial score (nSPS) is 27.0. The van der Waals surface area contributed by atoms with Gasteiger partial charge in [-0.25, -0.2) is 0 Å². The van der Waals surface area contributed by atoms with Gasteiger partial charge in [-0.15, -0.1) is 0 Å². The topological polar surface area (TPSA) is 35.8 Å². The van der Waals surface area contributed by atoms with Gasteiger partial charge in [-0.05, 0) is 24.5 Å². The van der Waals surface area contributed by atoms with E-state index in [-0.39, 0.29) is 0 Å². The van der Waals surface area contributed by atoms with Crippen molar-refractivity contribution in [1.29, 1.82) is 0 Å². The van der Waals surface area contributed by atoms with Crippen LogP contribution in [0.2, 0.25) is 0 Å². The summed E-state index contributed by atoms with van der Waals surface area (Å²) in [7, 11) is 0. The molecular weight excluding hydrogens is 296 g/mol. The largest absolute Gasteiger partial charge is 0.373 e. The number of amidine groups is 1. The Balaban J connectivity index is 1.70. The third-order valence-electron chi connectivity index (χ3n) is 6.08. The standard InChI is InChI=1S/C21H22N2O/c24-21(16-8-2-1-3-9-16)17-10-4-5-11-18(17)23-15-20(12-6-7-13-20)14-22-19(21)23/h1-5,8-11,24H,6-7,12-15H2. The van der Waals surface area contributed by atoms with Crippen molar-refractivity contribution in [3.8, 4) is 0 Å². The molecule has 1 aliphatic carbocycles. The van der Waals surface area contributed by atoms with Crippen LogP contribution in [-0.2, 0) is 5.60 Å². The maximum absolute atomic E-state index is 11.8. The van der Waals surface area contributed by atoms with Gasteiger partial charge in [-0.1, -0.05) is 61.4 Å². The second kappa shape index (κ2) is 4.93. The summed E-state index contributed by atoms with van der Waals surface area (Å²) in [5.74, 6) is 0.812. The first-order chi connectivity index (χ1) is 11.7. The molecule has 0 saturated heterocycles. The maximum atomic E-state index is 11.8. The fourth-order valence-corrected chi connectivity index (χ4v) is 4.84. The fraction of sp³-hybridized carbons (Fsp3) is 0.381. The number of aliphatic hydroxyl groups is 1. The summed E-state index contributed by atoms with van der Waals surface area (Å²) >= 11 is 0. The summed E-state index contributed by atoms with van der Waals surface area (Å²) in [5, 5.41) is 11.8. The lowest BCUT2D eigenvalue weighted by Gasteiger charge is -2.40. The van der Waals surface area contributed by atoms with E-state index in [9.17, 15) is 5.11 Å². The predicted octanol–water partition coefficient (Wildman–Crippen LogP) is 3.72. The van der Waals surface area contributed by atoms with Gasteiger partial charge in [0.2, 0.25) is 0 Å². The van der Waals surface area contributed by atoms with Crippen molar-refractivity contribution in [2.24, 2.45) is 10.4 Å². The highest BCUT2D eigenvalue weighted by molar-refractivity contribution is 6.12. The zero-order valence-corrected chi connectivity index (χ0v) is 13.8. The van der Waals surface area contributed by atoms with Crippen molar-refractivity contribution >= 4 is 11.5 Å². The summed E-state index contributed by atoms with van der Waals surface area (Å²) < 4.78 is 0. The van der Waals surface area contributed by atoms with Crippen LogP contribution in [0, 0.1) is 5.41 Å². The number of rotatable bonds is 1. The molecule has 3 heteroatoms. The molecule has 2 heterocycles. The minimum atomic E-state index is -1.13. The quantitative estimate of drug-likeness (QED) is 0.870. The Morgan fingerprint density at radius 3 is 2.42 bits per heavy atom. The molecule has 5 rings (SSSR count). The van der Waals surface area contributed by atoms with Crippen molar-refractivity contribution in [3.05, 3.63) is 65.7 Å². The van der Waals surface area contributed by atoms with Gasteiger partial charge in [0, 0.05) is 29.8 Å². The molecule has 0 radical (unpaired) electrons. The minimum absolute atomic E-state index is 0.304. The van der Waals surface area contributed by atoms with Crippen LogP contribution in [0.25, 0.3) is 0 Å². The highest BCUT2D eigenvalue weighted by Crippen LogP contribution is 2.50. The first-order valence-corrected chi connectivity index (χ1v) is 8.93. The summed E-state index contributed by atoms with van der Waals surface area (Å²) in [6.45, 7) is 1.83. The molecule has 1 atom stereocenters. The number of hydrogen-bond donors (Lipinski definition) is 1. The molecule has 2 aromatic rings. The SMILES string of the molecule is OC1(c2ccccc2)C2=NCC3(CCCC3)CN2c2ccccc21. The van der Waals surface area contributed by atoms with Crippen LogP contribution in [0.3, 0.4) is 0 Å². The molecule has 122 valence electrons. The molecule has 2 aromatic carbocycles. The number of fused-ring (bicyclic) bond motifs is 3. The highest BCUT2D eigenvalue weighted by atomic mass is 16.3. The molecule has 3 nitrogen and oxygen atoms in total. The minimum Gasteiger partial charge on any atom is -0.373 e. The molecule has 24 heavy (non-hydrogen) atoms. The second-order valence-electron chi connectivity index (χ2n) is 7.53. The van der Waals surface area contributed by atoms with Crippen LogP contribution in [0.5, 0.6) is 0 Å². The maximum Gasteiger partial charge on any atom is 0.174 e. The first kappa shape index (κ1) is 14.2. The Labute approximate surface area is 142 Å². The van der Waals surface area contributed by atoms with Gasteiger partial charge < -0.3 is 10.0 Å². The van der Waals surface area contributed by atoms with Gasteiger partial charge in [0.15, 0.2) is 5.60 Å². The van der Waals surface area contributed by atoms with E-state index in [2.05, 4.69) is 17.0 Å². The van der Waals surface area contributed by atoms with Crippen LogP contribution >= 0.6 is 0 Å². The Hall–Kier alpha value is -2.13. The highest BCUT2D eigenvalue weighted by Gasteiger charge is 2.53. The molecule has 0 aromatic heterocycles. The average molecular weight is 318 g/mol. The summed E-state index contributed by atoms with van der Waals surface area (Å²) in [4.78, 5) is 7.25. The molecule has 1 saturated carbocycles. The Bertz CT molecular complexity index is 808. The number of hydrogen-bond acceptors (Lipinski definition) is 3. The van der Waals surface area contributed by atoms with Crippen molar-refractivity contribution < 1.29 is 5.11 Å². The van der Waals surface area contributed by atoms with Gasteiger partial charge >= 0.3 is 0 Å². The number of para-hydroxylation sites is 1. The molecule has 2 aliphatic heterocycles. The third kappa shape index (κ3) is 1.79. The third-order valence-corrected chi connectivity index (χ3v) is 6.08. The lowest BCUT2D eigenvalue weighted by molar-refractivity contribution is 0.156. The first-order valence-electron chi connectivity index (χ1n) is 8.93. The molecule has 1 N–H and O–H groups in total. The molecule has 0 bridgehead atoms. The van der Waals surface area contributed by atoms with Gasteiger partial charge in [-0.3, -0.25) is 4.99 Å². The lowest BCUT2D eigenvalue weighted by atomic mass is 9.83. The smallest absolute Gasteiger partial charge is 0.174 e. The molecule has 1 fully saturated rings. The van der Waals surface area contributed by atoms with Crippen LogP contribution in [0.15, 0.2) is 59.6 Å². The molecule has 1 spiro atoms. The number of benzene rings is 2. The van der Waals surface area contributed by atoms with E-state index in [0.717, 1.165) is 35.7 Å². The van der Waals surface area contributed by atoms with E-state index in [0.29, 0.717) is 5.41 Å². The Morgan fingerprint density at radius 1 is 0.917 bits per heavy atom. The summed E-state index contributed by atoms with van der Waals surface area (Å²) in [6.07, 6.45) is 5.13. The zero-order valence-electron chi connectivity index (χ0n) is 13.8. The summed E-state index contributed by atoms with van der Waals surface area (Å²) in [6, 6.07) is 18.2. The number of nitrogens with zero attached hydrogens (tertiary/aromatic N) is 2. The van der Waals surface area contributed by atoms with E-state index < -0.39 is 5.60 Å². The predicted molar refractivity (Wildman–Crippen MR) is 96.4 cm³/mol. The van der Waals surface area contributed by atoms with Gasteiger partial charge in [0.1, 0.15) is 5.84 Å². The fourth-order valence-electron chi connectivity index (χ4n) is 4.84. The van der Waals surface area contributed by atoms with Crippen LogP contribution in [0.4, 0.5) is 5.69 Å². The van der Waals surface area contributed by atoms with Gasteiger partial charge in [-0.2, -0.15) is 0 Å². The van der Waals surface area contributed by atoms with Crippen LogP contribution in [-0.4, -0.2) is 24.0 Å². The van der Waals surface area contributed by atoms with Crippen molar-refractivity contribution in [2.75, 3.05) is 18.0 Å². The lowest BCUT2D eigenvalue weighted by Crippen LogP contribution is -2.50. The Morgan fingerprint density at radius 2 is 1.62 bits per heavy atom. The number of aliphatic imine (C=N–C) groups is 1. The zero-order chi connectivity index (χ0) is 16.2. The molecular formula is C21H22N2O. The van der Waals surface area contributed by atoms with E-state index in [4.69, 9.17) is 4.99 Å². The second-order valence-corrected chi connectivity index (χ2v) is 7.53. The monoisotopic (exact) mass is 318 g/mol. The Kier molecular flexibility index (Phi) is 2.93. The van der Waals surface area contributed by atoms with Crippen LogP contribution < -0.4 is 4.90 Å². The van der Waals surface area contributed by atoms with Crippen molar-refractivity contribution in [3.63, 3.8) is 0 Å². The molecule has 1 unspecified atom stereocenters. The van der Waals surface area contributed by atoms with E-state index in [1.165, 1.54) is 25.7 Å². The van der Waals surface area contributed by atoms with Gasteiger partial charge in [0.05, 0.1) is 0 Å².